The number of rotatable bonds is 2. The first-order valence-electron chi connectivity index (χ1n) is 4.83. The molecule has 86 valence electrons. The fourth-order valence-electron chi connectivity index (χ4n) is 1.28. The fourth-order valence-corrected chi connectivity index (χ4v) is 1.66. The van der Waals surface area contributed by atoms with Crippen LogP contribution in [0.1, 0.15) is 10.4 Å². The van der Waals surface area contributed by atoms with Crippen molar-refractivity contribution in [2.45, 2.75) is 0 Å². The predicted octanol–water partition coefficient (Wildman–Crippen LogP) is 3.24. The molecule has 1 amide bonds. The van der Waals surface area contributed by atoms with Gasteiger partial charge in [-0.1, -0.05) is 0 Å². The number of carbonyl (C=O) groups is 1. The molecule has 0 saturated heterocycles. The van der Waals surface area contributed by atoms with E-state index in [-0.39, 0.29) is 11.7 Å². The molecule has 17 heavy (non-hydrogen) atoms. The van der Waals surface area contributed by atoms with Gasteiger partial charge in [-0.2, -0.15) is 0 Å². The van der Waals surface area contributed by atoms with Crippen LogP contribution in [-0.4, -0.2) is 10.9 Å². The number of halogens is 2. The molecule has 0 saturated carbocycles. The van der Waals surface area contributed by atoms with Crippen LogP contribution in [0.5, 0.6) is 0 Å². The van der Waals surface area contributed by atoms with Gasteiger partial charge in [-0.05, 0) is 46.3 Å². The highest BCUT2D eigenvalue weighted by Crippen LogP contribution is 2.20. The summed E-state index contributed by atoms with van der Waals surface area (Å²) >= 11 is 3.06. The van der Waals surface area contributed by atoms with Gasteiger partial charge in [0.05, 0.1) is 4.47 Å². The van der Waals surface area contributed by atoms with Crippen molar-refractivity contribution in [2.75, 3.05) is 5.32 Å². The summed E-state index contributed by atoms with van der Waals surface area (Å²) in [4.78, 5) is 15.6. The molecule has 0 aliphatic carbocycles. The number of pyridine rings is 1. The largest absolute Gasteiger partial charge is 0.322 e. The zero-order valence-electron chi connectivity index (χ0n) is 8.65. The first kappa shape index (κ1) is 11.7. The lowest BCUT2D eigenvalue weighted by molar-refractivity contribution is 0.102. The Bertz CT molecular complexity index is 545. The van der Waals surface area contributed by atoms with E-state index in [4.69, 9.17) is 0 Å². The minimum Gasteiger partial charge on any atom is -0.322 e. The SMILES string of the molecule is O=C(Nc1ccc(F)c(Br)c1)c1ccncc1. The monoisotopic (exact) mass is 294 g/mol. The summed E-state index contributed by atoms with van der Waals surface area (Å²) in [6.45, 7) is 0. The smallest absolute Gasteiger partial charge is 0.255 e. The van der Waals surface area contributed by atoms with Crippen molar-refractivity contribution in [3.8, 4) is 0 Å². The number of amides is 1. The lowest BCUT2D eigenvalue weighted by Crippen LogP contribution is -2.11. The normalized spacial score (nSPS) is 10.0. The summed E-state index contributed by atoms with van der Waals surface area (Å²) < 4.78 is 13.3. The van der Waals surface area contributed by atoms with Crippen LogP contribution in [0.15, 0.2) is 47.2 Å². The zero-order valence-corrected chi connectivity index (χ0v) is 10.2. The Morgan fingerprint density at radius 3 is 2.59 bits per heavy atom. The van der Waals surface area contributed by atoms with E-state index in [9.17, 15) is 9.18 Å². The lowest BCUT2D eigenvalue weighted by Gasteiger charge is -2.05. The number of benzene rings is 1. The second-order valence-corrected chi connectivity index (χ2v) is 4.17. The van der Waals surface area contributed by atoms with Gasteiger partial charge in [0, 0.05) is 23.6 Å². The maximum Gasteiger partial charge on any atom is 0.255 e. The molecule has 0 spiro atoms. The summed E-state index contributed by atoms with van der Waals surface area (Å²) in [5.41, 5.74) is 1.03. The number of carbonyl (C=O) groups excluding carboxylic acids is 1. The third kappa shape index (κ3) is 2.88. The number of hydrogen-bond acceptors (Lipinski definition) is 2. The van der Waals surface area contributed by atoms with Crippen LogP contribution < -0.4 is 5.32 Å². The van der Waals surface area contributed by atoms with Crippen molar-refractivity contribution >= 4 is 27.5 Å². The Hall–Kier alpha value is -1.75. The minimum absolute atomic E-state index is 0.258. The molecule has 1 N–H and O–H groups in total. The summed E-state index contributed by atoms with van der Waals surface area (Å²) in [5, 5.41) is 2.66. The number of nitrogens with one attached hydrogen (secondary N) is 1. The summed E-state index contributed by atoms with van der Waals surface area (Å²) in [7, 11) is 0. The Morgan fingerprint density at radius 1 is 1.24 bits per heavy atom. The average molecular weight is 295 g/mol. The number of hydrogen-bond donors (Lipinski definition) is 1. The van der Waals surface area contributed by atoms with Crippen molar-refractivity contribution in [2.24, 2.45) is 0 Å². The van der Waals surface area contributed by atoms with E-state index in [2.05, 4.69) is 26.2 Å². The molecule has 1 aromatic heterocycles. The average Bonchev–Trinajstić information content (AvgIpc) is 2.35. The van der Waals surface area contributed by atoms with E-state index < -0.39 is 0 Å². The van der Waals surface area contributed by atoms with Crippen molar-refractivity contribution in [1.82, 2.24) is 4.98 Å². The molecular weight excluding hydrogens is 287 g/mol. The zero-order chi connectivity index (χ0) is 12.3. The third-order valence-corrected chi connectivity index (χ3v) is 2.73. The van der Waals surface area contributed by atoms with Crippen molar-refractivity contribution in [3.63, 3.8) is 0 Å². The molecule has 0 bridgehead atoms. The van der Waals surface area contributed by atoms with Crippen molar-refractivity contribution < 1.29 is 9.18 Å². The summed E-state index contributed by atoms with van der Waals surface area (Å²) in [6, 6.07) is 7.50. The third-order valence-electron chi connectivity index (χ3n) is 2.12. The molecule has 3 nitrogen and oxygen atoms in total. The molecule has 0 atom stereocenters. The molecule has 5 heteroatoms. The van der Waals surface area contributed by atoms with E-state index in [1.165, 1.54) is 30.6 Å². The van der Waals surface area contributed by atoms with Crippen LogP contribution in [0.3, 0.4) is 0 Å². The molecular formula is C12H8BrFN2O. The summed E-state index contributed by atoms with van der Waals surface area (Å²) in [6.07, 6.45) is 3.07. The van der Waals surface area contributed by atoms with E-state index in [0.717, 1.165) is 0 Å². The molecule has 0 unspecified atom stereocenters. The maximum absolute atomic E-state index is 13.0. The molecule has 1 heterocycles. The van der Waals surface area contributed by atoms with Gasteiger partial charge < -0.3 is 5.32 Å². The van der Waals surface area contributed by atoms with Gasteiger partial charge in [-0.15, -0.1) is 0 Å². The van der Waals surface area contributed by atoms with Crippen molar-refractivity contribution in [1.29, 1.82) is 0 Å². The van der Waals surface area contributed by atoms with E-state index >= 15 is 0 Å². The van der Waals surface area contributed by atoms with Crippen LogP contribution in [0.4, 0.5) is 10.1 Å². The number of anilines is 1. The van der Waals surface area contributed by atoms with Gasteiger partial charge in [-0.25, -0.2) is 4.39 Å². The predicted molar refractivity (Wildman–Crippen MR) is 66.3 cm³/mol. The minimum atomic E-state index is -0.369. The van der Waals surface area contributed by atoms with Gasteiger partial charge in [0.2, 0.25) is 0 Å². The van der Waals surface area contributed by atoms with Crippen molar-refractivity contribution in [3.05, 3.63) is 58.6 Å². The summed E-state index contributed by atoms with van der Waals surface area (Å²) in [5.74, 6) is -0.627. The van der Waals surface area contributed by atoms with Gasteiger partial charge in [0.1, 0.15) is 5.82 Å². The van der Waals surface area contributed by atoms with E-state index in [1.807, 2.05) is 0 Å². The fraction of sp³-hybridized carbons (Fsp3) is 0. The van der Waals surface area contributed by atoms with Crippen LogP contribution >= 0.6 is 15.9 Å². The Morgan fingerprint density at radius 2 is 1.94 bits per heavy atom. The second-order valence-electron chi connectivity index (χ2n) is 3.32. The highest BCUT2D eigenvalue weighted by atomic mass is 79.9. The number of nitrogens with zero attached hydrogens (tertiary/aromatic N) is 1. The number of aromatic nitrogens is 1. The molecule has 0 radical (unpaired) electrons. The second kappa shape index (κ2) is 5.05. The standard InChI is InChI=1S/C12H8BrFN2O/c13-10-7-9(1-2-11(10)14)16-12(17)8-3-5-15-6-4-8/h1-7H,(H,16,17). The molecule has 0 aliphatic heterocycles. The topological polar surface area (TPSA) is 42.0 Å². The Kier molecular flexibility index (Phi) is 3.49. The highest BCUT2D eigenvalue weighted by Gasteiger charge is 2.06. The van der Waals surface area contributed by atoms with Crippen LogP contribution in [0.25, 0.3) is 0 Å². The molecule has 2 aromatic rings. The van der Waals surface area contributed by atoms with Gasteiger partial charge in [-0.3, -0.25) is 9.78 Å². The van der Waals surface area contributed by atoms with Gasteiger partial charge >= 0.3 is 0 Å². The van der Waals surface area contributed by atoms with Crippen LogP contribution in [0.2, 0.25) is 0 Å². The highest BCUT2D eigenvalue weighted by molar-refractivity contribution is 9.10. The Labute approximate surface area is 106 Å². The lowest BCUT2D eigenvalue weighted by atomic mass is 10.2. The molecule has 0 fully saturated rings. The maximum atomic E-state index is 13.0. The van der Waals surface area contributed by atoms with Crippen LogP contribution in [-0.2, 0) is 0 Å². The quantitative estimate of drug-likeness (QED) is 0.924. The first-order valence-corrected chi connectivity index (χ1v) is 5.62. The Balaban J connectivity index is 2.16. The van der Waals surface area contributed by atoms with E-state index in [1.54, 1.807) is 12.1 Å². The van der Waals surface area contributed by atoms with Gasteiger partial charge in [0.15, 0.2) is 0 Å². The molecule has 2 rings (SSSR count). The van der Waals surface area contributed by atoms with Crippen LogP contribution in [0, 0.1) is 5.82 Å². The molecule has 0 aliphatic rings. The molecule has 1 aromatic carbocycles. The van der Waals surface area contributed by atoms with Gasteiger partial charge in [0.25, 0.3) is 5.91 Å². The first-order chi connectivity index (χ1) is 8.16. The van der Waals surface area contributed by atoms with E-state index in [0.29, 0.717) is 15.7 Å².